The van der Waals surface area contributed by atoms with Crippen LogP contribution in [0.3, 0.4) is 0 Å². The van der Waals surface area contributed by atoms with Gasteiger partial charge in [0.15, 0.2) is 0 Å². The lowest BCUT2D eigenvalue weighted by molar-refractivity contribution is 0.102. The molecule has 0 aliphatic carbocycles. The molecule has 6 heteroatoms. The summed E-state index contributed by atoms with van der Waals surface area (Å²) in [5.41, 5.74) is 0.756. The summed E-state index contributed by atoms with van der Waals surface area (Å²) >= 11 is 5.58. The fourth-order valence-electron chi connectivity index (χ4n) is 1.40. The van der Waals surface area contributed by atoms with Crippen LogP contribution >= 0.6 is 11.6 Å². The molecule has 4 nitrogen and oxygen atoms in total. The van der Waals surface area contributed by atoms with Gasteiger partial charge < -0.3 is 5.32 Å². The number of nitrogens with zero attached hydrogens (tertiary/aromatic N) is 2. The number of aryl methyl sites for hydroxylation is 1. The fourth-order valence-corrected chi connectivity index (χ4v) is 1.55. The molecule has 1 aromatic carbocycles. The molecule has 0 unspecified atom stereocenters. The maximum atomic E-state index is 13.5. The van der Waals surface area contributed by atoms with Gasteiger partial charge in [0.1, 0.15) is 11.6 Å². The first-order valence-electron chi connectivity index (χ1n) is 5.12. The summed E-state index contributed by atoms with van der Waals surface area (Å²) < 4.78 is 13.5. The van der Waals surface area contributed by atoms with Gasteiger partial charge in [-0.2, -0.15) is 0 Å². The highest BCUT2D eigenvalue weighted by Gasteiger charge is 2.12. The molecule has 0 fully saturated rings. The van der Waals surface area contributed by atoms with Crippen molar-refractivity contribution in [3.05, 3.63) is 52.7 Å². The van der Waals surface area contributed by atoms with E-state index in [0.29, 0.717) is 0 Å². The average molecular weight is 266 g/mol. The van der Waals surface area contributed by atoms with Crippen LogP contribution in [0.2, 0.25) is 5.28 Å². The number of anilines is 1. The third-order valence-corrected chi connectivity index (χ3v) is 2.42. The standard InChI is InChI=1S/C12H9ClFN3O/c1-7-2-3-9(14)8(6-7)11(18)16-10-4-5-15-12(13)17-10/h2-6H,1H3,(H,15,16,17,18). The zero-order valence-electron chi connectivity index (χ0n) is 9.45. The molecule has 0 aliphatic rings. The SMILES string of the molecule is Cc1ccc(F)c(C(=O)Nc2ccnc(Cl)n2)c1. The van der Waals surface area contributed by atoms with E-state index in [4.69, 9.17) is 11.6 Å². The van der Waals surface area contributed by atoms with Crippen molar-refractivity contribution in [3.8, 4) is 0 Å². The molecular weight excluding hydrogens is 257 g/mol. The number of benzene rings is 1. The van der Waals surface area contributed by atoms with Crippen LogP contribution in [0.4, 0.5) is 10.2 Å². The van der Waals surface area contributed by atoms with Gasteiger partial charge in [0.25, 0.3) is 5.91 Å². The molecule has 0 saturated carbocycles. The molecular formula is C12H9ClFN3O. The highest BCUT2D eigenvalue weighted by Crippen LogP contribution is 2.13. The van der Waals surface area contributed by atoms with E-state index in [9.17, 15) is 9.18 Å². The first-order chi connectivity index (χ1) is 8.56. The van der Waals surface area contributed by atoms with E-state index in [1.807, 2.05) is 0 Å². The second kappa shape index (κ2) is 5.10. The molecule has 1 heterocycles. The first kappa shape index (κ1) is 12.4. The van der Waals surface area contributed by atoms with Crippen LogP contribution in [0.25, 0.3) is 0 Å². The molecule has 0 bridgehead atoms. The zero-order valence-corrected chi connectivity index (χ0v) is 10.2. The number of nitrogens with one attached hydrogen (secondary N) is 1. The van der Waals surface area contributed by atoms with E-state index in [2.05, 4.69) is 15.3 Å². The number of amides is 1. The molecule has 0 atom stereocenters. The monoisotopic (exact) mass is 265 g/mol. The fraction of sp³-hybridized carbons (Fsp3) is 0.0833. The highest BCUT2D eigenvalue weighted by molar-refractivity contribution is 6.28. The lowest BCUT2D eigenvalue weighted by atomic mass is 10.1. The zero-order chi connectivity index (χ0) is 13.1. The Morgan fingerprint density at radius 2 is 2.17 bits per heavy atom. The molecule has 18 heavy (non-hydrogen) atoms. The highest BCUT2D eigenvalue weighted by atomic mass is 35.5. The minimum Gasteiger partial charge on any atom is -0.306 e. The molecule has 1 aromatic heterocycles. The van der Waals surface area contributed by atoms with Crippen molar-refractivity contribution >= 4 is 23.3 Å². The molecule has 2 aromatic rings. The van der Waals surface area contributed by atoms with E-state index in [0.717, 1.165) is 5.56 Å². The van der Waals surface area contributed by atoms with E-state index in [1.165, 1.54) is 24.4 Å². The van der Waals surface area contributed by atoms with Crippen molar-refractivity contribution in [1.29, 1.82) is 0 Å². The Labute approximate surface area is 108 Å². The molecule has 92 valence electrons. The van der Waals surface area contributed by atoms with Crippen LogP contribution < -0.4 is 5.32 Å². The number of carbonyl (C=O) groups excluding carboxylic acids is 1. The molecule has 0 aliphatic heterocycles. The van der Waals surface area contributed by atoms with Crippen LogP contribution in [0.15, 0.2) is 30.5 Å². The number of rotatable bonds is 2. The van der Waals surface area contributed by atoms with E-state index in [-0.39, 0.29) is 16.7 Å². The quantitative estimate of drug-likeness (QED) is 0.850. The van der Waals surface area contributed by atoms with Crippen molar-refractivity contribution in [1.82, 2.24) is 9.97 Å². The topological polar surface area (TPSA) is 54.9 Å². The van der Waals surface area contributed by atoms with Gasteiger partial charge in [-0.05, 0) is 36.7 Å². The van der Waals surface area contributed by atoms with Crippen LogP contribution in [0.1, 0.15) is 15.9 Å². The van der Waals surface area contributed by atoms with Gasteiger partial charge in [0.2, 0.25) is 5.28 Å². The molecule has 0 spiro atoms. The summed E-state index contributed by atoms with van der Waals surface area (Å²) in [6.07, 6.45) is 1.40. The van der Waals surface area contributed by atoms with Crippen LogP contribution in [-0.4, -0.2) is 15.9 Å². The van der Waals surface area contributed by atoms with Crippen molar-refractivity contribution in [2.45, 2.75) is 6.92 Å². The Morgan fingerprint density at radius 3 is 2.89 bits per heavy atom. The number of aromatic nitrogens is 2. The summed E-state index contributed by atoms with van der Waals surface area (Å²) in [5, 5.41) is 2.46. The van der Waals surface area contributed by atoms with Crippen LogP contribution in [-0.2, 0) is 0 Å². The largest absolute Gasteiger partial charge is 0.306 e. The molecule has 1 N–H and O–H groups in total. The summed E-state index contributed by atoms with van der Waals surface area (Å²) in [5.74, 6) is -0.940. The minimum atomic E-state index is -0.585. The third-order valence-electron chi connectivity index (χ3n) is 2.23. The predicted molar refractivity (Wildman–Crippen MR) is 66.1 cm³/mol. The van der Waals surface area contributed by atoms with Gasteiger partial charge >= 0.3 is 0 Å². The Morgan fingerprint density at radius 1 is 1.39 bits per heavy atom. The maximum Gasteiger partial charge on any atom is 0.259 e. The molecule has 0 saturated heterocycles. The predicted octanol–water partition coefficient (Wildman–Crippen LogP) is 2.83. The number of hydrogen-bond donors (Lipinski definition) is 1. The second-order valence-corrected chi connectivity index (χ2v) is 3.99. The first-order valence-corrected chi connectivity index (χ1v) is 5.50. The Hall–Kier alpha value is -2.01. The van der Waals surface area contributed by atoms with E-state index >= 15 is 0 Å². The van der Waals surface area contributed by atoms with Gasteiger partial charge in [-0.15, -0.1) is 0 Å². The lowest BCUT2D eigenvalue weighted by Crippen LogP contribution is -2.15. The summed E-state index contributed by atoms with van der Waals surface area (Å²) in [4.78, 5) is 19.3. The maximum absolute atomic E-state index is 13.5. The average Bonchev–Trinajstić information content (AvgIpc) is 2.32. The van der Waals surface area contributed by atoms with Crippen LogP contribution in [0.5, 0.6) is 0 Å². The van der Waals surface area contributed by atoms with Crippen molar-refractivity contribution in [2.75, 3.05) is 5.32 Å². The number of carbonyl (C=O) groups is 1. The van der Waals surface area contributed by atoms with Gasteiger partial charge in [-0.3, -0.25) is 4.79 Å². The Bertz CT molecular complexity index is 604. The van der Waals surface area contributed by atoms with Crippen molar-refractivity contribution in [2.24, 2.45) is 0 Å². The summed E-state index contributed by atoms with van der Waals surface area (Å²) in [6.45, 7) is 1.78. The van der Waals surface area contributed by atoms with Crippen molar-refractivity contribution in [3.63, 3.8) is 0 Å². The molecule has 2 rings (SSSR count). The summed E-state index contributed by atoms with van der Waals surface area (Å²) in [6, 6.07) is 5.77. The smallest absolute Gasteiger partial charge is 0.259 e. The van der Waals surface area contributed by atoms with Gasteiger partial charge in [-0.1, -0.05) is 11.6 Å². The lowest BCUT2D eigenvalue weighted by Gasteiger charge is -2.06. The summed E-state index contributed by atoms with van der Waals surface area (Å²) in [7, 11) is 0. The second-order valence-electron chi connectivity index (χ2n) is 3.65. The molecule has 0 radical (unpaired) electrons. The number of halogens is 2. The molecule has 1 amide bonds. The van der Waals surface area contributed by atoms with E-state index in [1.54, 1.807) is 13.0 Å². The van der Waals surface area contributed by atoms with E-state index < -0.39 is 11.7 Å². The Balaban J connectivity index is 2.24. The van der Waals surface area contributed by atoms with Crippen LogP contribution in [0, 0.1) is 12.7 Å². The third kappa shape index (κ3) is 2.81. The Kier molecular flexibility index (Phi) is 3.53. The van der Waals surface area contributed by atoms with Crippen molar-refractivity contribution < 1.29 is 9.18 Å². The number of hydrogen-bond acceptors (Lipinski definition) is 3. The minimum absolute atomic E-state index is 0.0116. The normalized spacial score (nSPS) is 10.2. The van der Waals surface area contributed by atoms with Gasteiger partial charge in [-0.25, -0.2) is 14.4 Å². The van der Waals surface area contributed by atoms with Gasteiger partial charge in [0.05, 0.1) is 5.56 Å². The van der Waals surface area contributed by atoms with Gasteiger partial charge in [0, 0.05) is 6.20 Å².